The fourth-order valence-electron chi connectivity index (χ4n) is 2.37. The van der Waals surface area contributed by atoms with Crippen LogP contribution in [0.1, 0.15) is 41.0 Å². The molecular weight excluding hydrogens is 188 g/mol. The van der Waals surface area contributed by atoms with Crippen molar-refractivity contribution in [3.8, 4) is 0 Å². The number of allylic oxidation sites excluding steroid dienone is 1. The lowest BCUT2D eigenvalue weighted by Crippen LogP contribution is -2.40. The summed E-state index contributed by atoms with van der Waals surface area (Å²) >= 11 is 0. The van der Waals surface area contributed by atoms with E-state index in [0.29, 0.717) is 12.5 Å². The van der Waals surface area contributed by atoms with Gasteiger partial charge in [-0.05, 0) is 31.6 Å². The first-order valence-electron chi connectivity index (χ1n) is 5.74. The first kappa shape index (κ1) is 12.3. The zero-order chi connectivity index (χ0) is 11.6. The van der Waals surface area contributed by atoms with Gasteiger partial charge in [-0.15, -0.1) is 0 Å². The van der Waals surface area contributed by atoms with Gasteiger partial charge in [-0.1, -0.05) is 32.4 Å². The number of esters is 1. The van der Waals surface area contributed by atoms with Crippen LogP contribution < -0.4 is 0 Å². The Hall–Kier alpha value is -0.790. The summed E-state index contributed by atoms with van der Waals surface area (Å²) in [5.41, 5.74) is 1.17. The second kappa shape index (κ2) is 4.38. The third-order valence-corrected chi connectivity index (χ3v) is 3.79. The maximum atomic E-state index is 11.9. The Balaban J connectivity index is 2.96. The molecule has 2 atom stereocenters. The van der Waals surface area contributed by atoms with Crippen molar-refractivity contribution >= 4 is 5.97 Å². The quantitative estimate of drug-likeness (QED) is 0.517. The van der Waals surface area contributed by atoms with E-state index < -0.39 is 0 Å². The van der Waals surface area contributed by atoms with Crippen molar-refractivity contribution in [2.45, 2.75) is 41.0 Å². The fourth-order valence-corrected chi connectivity index (χ4v) is 2.37. The molecular formula is C13H22O2. The molecule has 0 fully saturated rings. The van der Waals surface area contributed by atoms with Gasteiger partial charge in [0.1, 0.15) is 0 Å². The molecule has 0 aliphatic heterocycles. The maximum absolute atomic E-state index is 11.9. The van der Waals surface area contributed by atoms with Crippen LogP contribution in [0.4, 0.5) is 0 Å². The minimum Gasteiger partial charge on any atom is -0.466 e. The predicted octanol–water partition coefficient (Wildman–Crippen LogP) is 3.18. The molecule has 0 aromatic heterocycles. The van der Waals surface area contributed by atoms with Crippen molar-refractivity contribution in [1.29, 1.82) is 0 Å². The van der Waals surface area contributed by atoms with E-state index >= 15 is 0 Å². The van der Waals surface area contributed by atoms with Crippen molar-refractivity contribution < 1.29 is 9.53 Å². The maximum Gasteiger partial charge on any atom is 0.313 e. The Morgan fingerprint density at radius 3 is 2.73 bits per heavy atom. The van der Waals surface area contributed by atoms with E-state index in [2.05, 4.69) is 26.8 Å². The molecule has 86 valence electrons. The van der Waals surface area contributed by atoms with Crippen LogP contribution in [0.3, 0.4) is 0 Å². The lowest BCUT2D eigenvalue weighted by molar-refractivity contribution is -0.152. The van der Waals surface area contributed by atoms with Gasteiger partial charge in [0.2, 0.25) is 0 Å². The second-order valence-electron chi connectivity index (χ2n) is 5.09. The lowest BCUT2D eigenvalue weighted by Gasteiger charge is -2.41. The van der Waals surface area contributed by atoms with Crippen molar-refractivity contribution in [3.05, 3.63) is 11.6 Å². The molecule has 2 nitrogen and oxygen atoms in total. The van der Waals surface area contributed by atoms with E-state index in [4.69, 9.17) is 4.74 Å². The second-order valence-corrected chi connectivity index (χ2v) is 5.09. The molecule has 15 heavy (non-hydrogen) atoms. The molecule has 0 spiro atoms. The first-order chi connectivity index (χ1) is 6.91. The van der Waals surface area contributed by atoms with E-state index in [-0.39, 0.29) is 17.3 Å². The van der Waals surface area contributed by atoms with E-state index in [1.165, 1.54) is 0 Å². The molecule has 1 rings (SSSR count). The number of hydrogen-bond donors (Lipinski definition) is 0. The molecule has 0 bridgehead atoms. The highest BCUT2D eigenvalue weighted by Crippen LogP contribution is 2.45. The highest BCUT2D eigenvalue weighted by Gasteiger charge is 2.43. The molecule has 0 saturated carbocycles. The zero-order valence-electron chi connectivity index (χ0n) is 10.5. The monoisotopic (exact) mass is 210 g/mol. The zero-order valence-corrected chi connectivity index (χ0v) is 10.5. The predicted molar refractivity (Wildman–Crippen MR) is 61.4 cm³/mol. The van der Waals surface area contributed by atoms with Gasteiger partial charge in [0.05, 0.1) is 12.5 Å². The highest BCUT2D eigenvalue weighted by molar-refractivity contribution is 5.77. The SMILES string of the molecule is CCOC(=O)C1C(C)=CCC(C)C1(C)C. The number of ether oxygens (including phenoxy) is 1. The summed E-state index contributed by atoms with van der Waals surface area (Å²) in [6, 6.07) is 0. The van der Waals surface area contributed by atoms with Crippen LogP contribution in [0.25, 0.3) is 0 Å². The van der Waals surface area contributed by atoms with Crippen LogP contribution in [0, 0.1) is 17.3 Å². The summed E-state index contributed by atoms with van der Waals surface area (Å²) in [6.45, 7) is 10.9. The lowest BCUT2D eigenvalue weighted by atomic mass is 9.63. The third kappa shape index (κ3) is 2.24. The molecule has 1 aliphatic carbocycles. The minimum atomic E-state index is -0.0683. The van der Waals surface area contributed by atoms with Crippen molar-refractivity contribution in [2.24, 2.45) is 17.3 Å². The Labute approximate surface area is 92.7 Å². The number of carbonyl (C=O) groups excluding carboxylic acids is 1. The van der Waals surface area contributed by atoms with Gasteiger partial charge in [0, 0.05) is 0 Å². The summed E-state index contributed by atoms with van der Waals surface area (Å²) < 4.78 is 5.16. The van der Waals surface area contributed by atoms with Gasteiger partial charge in [0.15, 0.2) is 0 Å². The molecule has 0 radical (unpaired) electrons. The summed E-state index contributed by atoms with van der Waals surface area (Å²) in [7, 11) is 0. The largest absolute Gasteiger partial charge is 0.466 e. The van der Waals surface area contributed by atoms with Crippen molar-refractivity contribution in [3.63, 3.8) is 0 Å². The topological polar surface area (TPSA) is 26.3 Å². The molecule has 0 aromatic rings. The summed E-state index contributed by atoms with van der Waals surface area (Å²) in [5.74, 6) is 0.389. The summed E-state index contributed by atoms with van der Waals surface area (Å²) in [6.07, 6.45) is 3.24. The molecule has 0 N–H and O–H groups in total. The first-order valence-corrected chi connectivity index (χ1v) is 5.74. The Bertz CT molecular complexity index is 276. The molecule has 0 heterocycles. The van der Waals surface area contributed by atoms with Gasteiger partial charge in [0.25, 0.3) is 0 Å². The van der Waals surface area contributed by atoms with Gasteiger partial charge in [-0.25, -0.2) is 0 Å². The fraction of sp³-hybridized carbons (Fsp3) is 0.769. The molecule has 0 aromatic carbocycles. The summed E-state index contributed by atoms with van der Waals surface area (Å²) in [5, 5.41) is 0. The Kier molecular flexibility index (Phi) is 3.58. The van der Waals surface area contributed by atoms with Gasteiger partial charge in [-0.2, -0.15) is 0 Å². The van der Waals surface area contributed by atoms with Crippen LogP contribution in [-0.2, 0) is 9.53 Å². The standard InChI is InChI=1S/C13H22O2/c1-6-15-12(14)11-9(2)7-8-10(3)13(11,4)5/h7,10-11H,6,8H2,1-5H3. The van der Waals surface area contributed by atoms with Gasteiger partial charge >= 0.3 is 5.97 Å². The van der Waals surface area contributed by atoms with Crippen LogP contribution >= 0.6 is 0 Å². The van der Waals surface area contributed by atoms with E-state index in [1.807, 2.05) is 13.8 Å². The van der Waals surface area contributed by atoms with Crippen LogP contribution in [0.5, 0.6) is 0 Å². The van der Waals surface area contributed by atoms with Crippen LogP contribution in [0.15, 0.2) is 11.6 Å². The summed E-state index contributed by atoms with van der Waals surface area (Å²) in [4.78, 5) is 11.9. The Morgan fingerprint density at radius 2 is 2.20 bits per heavy atom. The third-order valence-electron chi connectivity index (χ3n) is 3.79. The van der Waals surface area contributed by atoms with Gasteiger partial charge in [-0.3, -0.25) is 4.79 Å². The van der Waals surface area contributed by atoms with Crippen molar-refractivity contribution in [1.82, 2.24) is 0 Å². The van der Waals surface area contributed by atoms with E-state index in [9.17, 15) is 4.79 Å². The Morgan fingerprint density at radius 1 is 1.60 bits per heavy atom. The van der Waals surface area contributed by atoms with E-state index in [1.54, 1.807) is 0 Å². The molecule has 0 amide bonds. The highest BCUT2D eigenvalue weighted by atomic mass is 16.5. The average molecular weight is 210 g/mol. The van der Waals surface area contributed by atoms with Crippen LogP contribution in [-0.4, -0.2) is 12.6 Å². The van der Waals surface area contributed by atoms with Gasteiger partial charge < -0.3 is 4.74 Å². The number of rotatable bonds is 2. The molecule has 2 heteroatoms. The minimum absolute atomic E-state index is 0.00505. The smallest absolute Gasteiger partial charge is 0.313 e. The van der Waals surface area contributed by atoms with E-state index in [0.717, 1.165) is 12.0 Å². The number of carbonyl (C=O) groups is 1. The number of hydrogen-bond acceptors (Lipinski definition) is 2. The average Bonchev–Trinajstić information content (AvgIpc) is 2.12. The normalized spacial score (nSPS) is 29.5. The van der Waals surface area contributed by atoms with Crippen molar-refractivity contribution in [2.75, 3.05) is 6.61 Å². The molecule has 2 unspecified atom stereocenters. The molecule has 1 aliphatic rings. The molecule has 0 saturated heterocycles. The van der Waals surface area contributed by atoms with Crippen LogP contribution in [0.2, 0.25) is 0 Å².